The van der Waals surface area contributed by atoms with Crippen molar-refractivity contribution in [1.29, 1.82) is 0 Å². The maximum atomic E-state index is 12.0. The van der Waals surface area contributed by atoms with Crippen molar-refractivity contribution in [3.63, 3.8) is 0 Å². The lowest BCUT2D eigenvalue weighted by molar-refractivity contribution is 0.0688. The van der Waals surface area contributed by atoms with Crippen LogP contribution in [0.1, 0.15) is 20.7 Å². The third-order valence-corrected chi connectivity index (χ3v) is 2.72. The maximum absolute atomic E-state index is 12.0. The summed E-state index contributed by atoms with van der Waals surface area (Å²) in [6.45, 7) is 0. The summed E-state index contributed by atoms with van der Waals surface area (Å²) in [5.41, 5.74) is 11.1. The number of carbonyl (C=O) groups is 2. The van der Waals surface area contributed by atoms with Crippen LogP contribution in [0.2, 0.25) is 0 Å². The quantitative estimate of drug-likeness (QED) is 0.290. The summed E-state index contributed by atoms with van der Waals surface area (Å²) in [7, 11) is 0. The highest BCUT2D eigenvalue weighted by atomic mass is 16.5. The van der Waals surface area contributed by atoms with Crippen LogP contribution in [-0.4, -0.2) is 22.2 Å². The van der Waals surface area contributed by atoms with Crippen molar-refractivity contribution < 1.29 is 24.5 Å². The number of nitrogen functional groups attached to an aromatic ring is 2. The van der Waals surface area contributed by atoms with E-state index < -0.39 is 11.9 Å². The van der Waals surface area contributed by atoms with Crippen molar-refractivity contribution in [2.75, 3.05) is 11.5 Å². The number of carboxylic acid groups (broad SMARTS) is 1. The van der Waals surface area contributed by atoms with E-state index in [1.165, 1.54) is 24.3 Å². The van der Waals surface area contributed by atoms with Gasteiger partial charge in [-0.25, -0.2) is 9.59 Å². The molecule has 0 amide bonds. The average molecular weight is 288 g/mol. The minimum atomic E-state index is -1.23. The highest BCUT2D eigenvalue weighted by molar-refractivity contribution is 5.98. The second-order valence-corrected chi connectivity index (χ2v) is 4.22. The van der Waals surface area contributed by atoms with Gasteiger partial charge in [-0.2, -0.15) is 0 Å². The third-order valence-electron chi connectivity index (χ3n) is 2.72. The van der Waals surface area contributed by atoms with E-state index in [-0.39, 0.29) is 34.0 Å². The molecule has 0 aromatic heterocycles. The molecule has 7 heteroatoms. The Bertz CT molecular complexity index is 727. The molecule has 6 N–H and O–H groups in total. The molecule has 0 aliphatic carbocycles. The zero-order valence-electron chi connectivity index (χ0n) is 10.7. The molecule has 0 spiro atoms. The summed E-state index contributed by atoms with van der Waals surface area (Å²) in [5.74, 6) is -2.18. The number of carbonyl (C=O) groups excluding carboxylic acids is 1. The number of hydrogen-bond acceptors (Lipinski definition) is 6. The van der Waals surface area contributed by atoms with Gasteiger partial charge >= 0.3 is 11.9 Å². The minimum Gasteiger partial charge on any atom is -0.508 e. The lowest BCUT2D eigenvalue weighted by Gasteiger charge is -2.08. The number of aromatic carboxylic acids is 1. The largest absolute Gasteiger partial charge is 0.508 e. The van der Waals surface area contributed by atoms with Crippen molar-refractivity contribution in [3.8, 4) is 11.5 Å². The Kier molecular flexibility index (Phi) is 3.66. The van der Waals surface area contributed by atoms with E-state index in [9.17, 15) is 14.7 Å². The second-order valence-electron chi connectivity index (χ2n) is 4.22. The van der Waals surface area contributed by atoms with Crippen LogP contribution in [-0.2, 0) is 0 Å². The lowest BCUT2D eigenvalue weighted by atomic mass is 10.1. The average Bonchev–Trinajstić information content (AvgIpc) is 2.43. The number of esters is 1. The molecule has 21 heavy (non-hydrogen) atoms. The van der Waals surface area contributed by atoms with Gasteiger partial charge in [-0.05, 0) is 36.4 Å². The van der Waals surface area contributed by atoms with Crippen molar-refractivity contribution in [2.45, 2.75) is 0 Å². The molecule has 7 nitrogen and oxygen atoms in total. The van der Waals surface area contributed by atoms with Gasteiger partial charge in [-0.3, -0.25) is 0 Å². The summed E-state index contributed by atoms with van der Waals surface area (Å²) >= 11 is 0. The molecule has 108 valence electrons. The second kappa shape index (κ2) is 5.41. The number of rotatable bonds is 3. The summed E-state index contributed by atoms with van der Waals surface area (Å²) < 4.78 is 5.03. The molecule has 0 saturated carbocycles. The van der Waals surface area contributed by atoms with E-state index in [4.69, 9.17) is 21.3 Å². The Labute approximate surface area is 119 Å². The van der Waals surface area contributed by atoms with Gasteiger partial charge in [0.05, 0.1) is 11.1 Å². The van der Waals surface area contributed by atoms with Gasteiger partial charge in [-0.1, -0.05) is 0 Å². The first-order chi connectivity index (χ1) is 9.88. The fourth-order valence-electron chi connectivity index (χ4n) is 1.67. The van der Waals surface area contributed by atoms with Gasteiger partial charge in [0.25, 0.3) is 0 Å². The molecule has 2 aromatic carbocycles. The molecular weight excluding hydrogens is 276 g/mol. The van der Waals surface area contributed by atoms with E-state index in [1.54, 1.807) is 0 Å². The number of phenolic OH excluding ortho intramolecular Hbond substituents is 1. The third kappa shape index (κ3) is 3.03. The van der Waals surface area contributed by atoms with Crippen LogP contribution >= 0.6 is 0 Å². The predicted molar refractivity (Wildman–Crippen MR) is 75.3 cm³/mol. The van der Waals surface area contributed by atoms with Crippen LogP contribution in [0.25, 0.3) is 0 Å². The number of aromatic hydroxyl groups is 1. The molecule has 0 atom stereocenters. The van der Waals surface area contributed by atoms with Gasteiger partial charge in [0.1, 0.15) is 11.5 Å². The highest BCUT2D eigenvalue weighted by Crippen LogP contribution is 2.23. The summed E-state index contributed by atoms with van der Waals surface area (Å²) in [4.78, 5) is 22.9. The van der Waals surface area contributed by atoms with Crippen molar-refractivity contribution in [3.05, 3.63) is 47.5 Å². The van der Waals surface area contributed by atoms with Crippen molar-refractivity contribution in [2.24, 2.45) is 0 Å². The first kappa shape index (κ1) is 14.2. The SMILES string of the molecule is Nc1ccc(OC(=O)c2cc(O)ccc2N)cc1C(=O)O. The van der Waals surface area contributed by atoms with Crippen LogP contribution < -0.4 is 16.2 Å². The summed E-state index contributed by atoms with van der Waals surface area (Å²) in [5, 5.41) is 18.3. The lowest BCUT2D eigenvalue weighted by Crippen LogP contribution is -2.12. The predicted octanol–water partition coefficient (Wildman–Crippen LogP) is 1.47. The zero-order valence-corrected chi connectivity index (χ0v) is 10.7. The van der Waals surface area contributed by atoms with Crippen LogP contribution in [0, 0.1) is 0 Å². The first-order valence-electron chi connectivity index (χ1n) is 5.82. The Morgan fingerprint density at radius 2 is 1.57 bits per heavy atom. The molecule has 0 heterocycles. The summed E-state index contributed by atoms with van der Waals surface area (Å²) in [6.07, 6.45) is 0. The highest BCUT2D eigenvalue weighted by Gasteiger charge is 2.15. The van der Waals surface area contributed by atoms with E-state index in [1.807, 2.05) is 0 Å². The van der Waals surface area contributed by atoms with Crippen LogP contribution in [0.5, 0.6) is 11.5 Å². The van der Waals surface area contributed by atoms with Gasteiger partial charge in [0, 0.05) is 11.4 Å². The number of anilines is 2. The van der Waals surface area contributed by atoms with Crippen molar-refractivity contribution >= 4 is 23.3 Å². The molecule has 0 saturated heterocycles. The number of phenols is 1. The van der Waals surface area contributed by atoms with E-state index in [0.29, 0.717) is 0 Å². The molecule has 0 radical (unpaired) electrons. The van der Waals surface area contributed by atoms with Gasteiger partial charge < -0.3 is 26.4 Å². The molecule has 2 rings (SSSR count). The molecule has 0 bridgehead atoms. The Morgan fingerprint density at radius 1 is 0.952 bits per heavy atom. The first-order valence-corrected chi connectivity index (χ1v) is 5.82. The number of carboxylic acids is 1. The van der Waals surface area contributed by atoms with Crippen LogP contribution in [0.3, 0.4) is 0 Å². The molecule has 0 unspecified atom stereocenters. The number of ether oxygens (including phenoxy) is 1. The molecular formula is C14H12N2O5. The molecule has 2 aromatic rings. The topological polar surface area (TPSA) is 136 Å². The monoisotopic (exact) mass is 288 g/mol. The fraction of sp³-hybridized carbons (Fsp3) is 0. The van der Waals surface area contributed by atoms with E-state index in [2.05, 4.69) is 0 Å². The molecule has 0 fully saturated rings. The van der Waals surface area contributed by atoms with Crippen molar-refractivity contribution in [1.82, 2.24) is 0 Å². The smallest absolute Gasteiger partial charge is 0.345 e. The Balaban J connectivity index is 2.29. The van der Waals surface area contributed by atoms with E-state index in [0.717, 1.165) is 12.1 Å². The number of benzene rings is 2. The normalized spacial score (nSPS) is 10.1. The maximum Gasteiger partial charge on any atom is 0.345 e. The number of nitrogens with two attached hydrogens (primary N) is 2. The standard InChI is InChI=1S/C14H12N2O5/c15-11-4-2-8(6-9(11)13(18)19)21-14(20)10-5-7(17)1-3-12(10)16/h1-6,17H,15-16H2,(H,18,19). The number of hydrogen-bond donors (Lipinski definition) is 4. The van der Waals surface area contributed by atoms with Gasteiger partial charge in [-0.15, -0.1) is 0 Å². The Morgan fingerprint density at radius 3 is 2.24 bits per heavy atom. The van der Waals surface area contributed by atoms with Gasteiger partial charge in [0.2, 0.25) is 0 Å². The zero-order chi connectivity index (χ0) is 15.6. The van der Waals surface area contributed by atoms with Gasteiger partial charge in [0.15, 0.2) is 0 Å². The van der Waals surface area contributed by atoms with E-state index >= 15 is 0 Å². The molecule has 0 aliphatic rings. The Hall–Kier alpha value is -3.22. The summed E-state index contributed by atoms with van der Waals surface area (Å²) in [6, 6.07) is 7.66. The van der Waals surface area contributed by atoms with Crippen LogP contribution in [0.15, 0.2) is 36.4 Å². The minimum absolute atomic E-state index is 0.00865. The molecule has 0 aliphatic heterocycles. The van der Waals surface area contributed by atoms with Crippen LogP contribution in [0.4, 0.5) is 11.4 Å². The fourth-order valence-corrected chi connectivity index (χ4v) is 1.67.